The van der Waals surface area contributed by atoms with Gasteiger partial charge in [0.25, 0.3) is 5.91 Å². The molecule has 2 aromatic heterocycles. The number of carbonyl (C=O) groups excluding carboxylic acids is 2. The van der Waals surface area contributed by atoms with Gasteiger partial charge in [-0.15, -0.1) is 0 Å². The van der Waals surface area contributed by atoms with Crippen LogP contribution in [0.15, 0.2) is 30.7 Å². The lowest BCUT2D eigenvalue weighted by atomic mass is 10.2. The highest BCUT2D eigenvalue weighted by atomic mass is 16.6. The second-order valence-corrected chi connectivity index (χ2v) is 5.06. The molecule has 0 atom stereocenters. The molecule has 1 saturated heterocycles. The van der Waals surface area contributed by atoms with Gasteiger partial charge in [0.2, 0.25) is 0 Å². The molecule has 1 fully saturated rings. The Bertz CT molecular complexity index is 689. The van der Waals surface area contributed by atoms with Gasteiger partial charge in [0.05, 0.1) is 12.2 Å². The molecule has 0 spiro atoms. The number of carbonyl (C=O) groups is 2. The molecular weight excluding hydrogens is 284 g/mol. The lowest BCUT2D eigenvalue weighted by Crippen LogP contribution is -2.50. The number of aromatic nitrogens is 2. The first-order chi connectivity index (χ1) is 10.7. The third-order valence-electron chi connectivity index (χ3n) is 3.74. The van der Waals surface area contributed by atoms with E-state index in [0.29, 0.717) is 44.0 Å². The molecule has 116 valence electrons. The summed E-state index contributed by atoms with van der Waals surface area (Å²) in [6, 6.07) is 3.61. The Morgan fingerprint density at radius 3 is 2.64 bits per heavy atom. The summed E-state index contributed by atoms with van der Waals surface area (Å²) in [4.78, 5) is 31.9. The third-order valence-corrected chi connectivity index (χ3v) is 3.74. The van der Waals surface area contributed by atoms with Crippen LogP contribution in [0.1, 0.15) is 17.3 Å². The molecule has 7 heteroatoms. The number of nitrogens with zero attached hydrogens (tertiary/aromatic N) is 4. The fraction of sp³-hybridized carbons (Fsp3) is 0.400. The molecule has 22 heavy (non-hydrogen) atoms. The molecule has 2 amide bonds. The van der Waals surface area contributed by atoms with Crippen LogP contribution in [0.5, 0.6) is 0 Å². The summed E-state index contributed by atoms with van der Waals surface area (Å²) in [7, 11) is 0. The Kier molecular flexibility index (Phi) is 3.95. The second kappa shape index (κ2) is 6.05. The first-order valence-electron chi connectivity index (χ1n) is 7.33. The van der Waals surface area contributed by atoms with Gasteiger partial charge < -0.3 is 18.9 Å². The van der Waals surface area contributed by atoms with E-state index < -0.39 is 0 Å². The van der Waals surface area contributed by atoms with Crippen LogP contribution >= 0.6 is 0 Å². The highest BCUT2D eigenvalue weighted by molar-refractivity contribution is 5.99. The molecule has 0 radical (unpaired) electrons. The normalized spacial score (nSPS) is 15.1. The predicted molar refractivity (Wildman–Crippen MR) is 79.7 cm³/mol. The summed E-state index contributed by atoms with van der Waals surface area (Å²) in [5, 5.41) is 0. The quantitative estimate of drug-likeness (QED) is 0.837. The lowest BCUT2D eigenvalue weighted by Gasteiger charge is -2.34. The van der Waals surface area contributed by atoms with Crippen LogP contribution in [0, 0.1) is 0 Å². The molecule has 1 aliphatic rings. The van der Waals surface area contributed by atoms with E-state index in [4.69, 9.17) is 4.74 Å². The fourth-order valence-corrected chi connectivity index (χ4v) is 2.59. The molecule has 2 aromatic rings. The number of pyridine rings is 1. The molecule has 0 aromatic carbocycles. The zero-order chi connectivity index (χ0) is 15.5. The van der Waals surface area contributed by atoms with Crippen molar-refractivity contribution >= 4 is 17.6 Å². The van der Waals surface area contributed by atoms with E-state index in [9.17, 15) is 9.59 Å². The molecule has 0 aliphatic carbocycles. The minimum Gasteiger partial charge on any atom is -0.450 e. The Balaban J connectivity index is 1.70. The molecular formula is C15H18N4O3. The molecule has 0 bridgehead atoms. The Morgan fingerprint density at radius 1 is 1.18 bits per heavy atom. The van der Waals surface area contributed by atoms with Crippen molar-refractivity contribution in [2.24, 2.45) is 0 Å². The highest BCUT2D eigenvalue weighted by Gasteiger charge is 2.26. The minimum atomic E-state index is -0.315. The van der Waals surface area contributed by atoms with Crippen LogP contribution in [0.4, 0.5) is 4.79 Å². The summed E-state index contributed by atoms with van der Waals surface area (Å²) in [6.45, 7) is 4.12. The SMILES string of the molecule is CCOC(=O)N1CCN(C(=O)c2cccn3ccnc23)CC1. The van der Waals surface area contributed by atoms with Crippen LogP contribution < -0.4 is 0 Å². The van der Waals surface area contributed by atoms with Gasteiger partial charge in [0.1, 0.15) is 5.65 Å². The van der Waals surface area contributed by atoms with Crippen LogP contribution in [-0.4, -0.2) is 64.0 Å². The van der Waals surface area contributed by atoms with Crippen molar-refractivity contribution in [2.45, 2.75) is 6.92 Å². The smallest absolute Gasteiger partial charge is 0.409 e. The largest absolute Gasteiger partial charge is 0.450 e. The molecule has 3 rings (SSSR count). The topological polar surface area (TPSA) is 67.2 Å². The maximum Gasteiger partial charge on any atom is 0.409 e. The summed E-state index contributed by atoms with van der Waals surface area (Å²) >= 11 is 0. The number of hydrogen-bond acceptors (Lipinski definition) is 4. The van der Waals surface area contributed by atoms with E-state index in [1.165, 1.54) is 0 Å². The number of fused-ring (bicyclic) bond motifs is 1. The van der Waals surface area contributed by atoms with Gasteiger partial charge in [0, 0.05) is 44.8 Å². The minimum absolute atomic E-state index is 0.0553. The van der Waals surface area contributed by atoms with Crippen molar-refractivity contribution in [3.8, 4) is 0 Å². The molecule has 1 aliphatic heterocycles. The molecule has 0 unspecified atom stereocenters. The summed E-state index contributed by atoms with van der Waals surface area (Å²) in [5.74, 6) is -0.0553. The standard InChI is InChI=1S/C15H18N4O3/c1-2-22-15(21)19-10-8-18(9-11-19)14(20)12-4-3-6-17-7-5-16-13(12)17/h3-7H,2,8-11H2,1H3. The number of hydrogen-bond donors (Lipinski definition) is 0. The van der Waals surface area contributed by atoms with Crippen LogP contribution in [0.25, 0.3) is 5.65 Å². The van der Waals surface area contributed by atoms with Gasteiger partial charge in [-0.3, -0.25) is 4.79 Å². The molecule has 7 nitrogen and oxygen atoms in total. The van der Waals surface area contributed by atoms with E-state index in [-0.39, 0.29) is 12.0 Å². The Hall–Kier alpha value is -2.57. The van der Waals surface area contributed by atoms with Crippen molar-refractivity contribution in [3.05, 3.63) is 36.3 Å². The fourth-order valence-electron chi connectivity index (χ4n) is 2.59. The van der Waals surface area contributed by atoms with Gasteiger partial charge in [-0.05, 0) is 19.1 Å². The number of ether oxygens (including phenoxy) is 1. The highest BCUT2D eigenvalue weighted by Crippen LogP contribution is 2.14. The first kappa shape index (κ1) is 14.4. The number of rotatable bonds is 2. The third kappa shape index (κ3) is 2.61. The molecule has 0 saturated carbocycles. The van der Waals surface area contributed by atoms with Crippen molar-refractivity contribution < 1.29 is 14.3 Å². The van der Waals surface area contributed by atoms with Crippen LogP contribution in [0.3, 0.4) is 0 Å². The van der Waals surface area contributed by atoms with Crippen LogP contribution in [-0.2, 0) is 4.74 Å². The lowest BCUT2D eigenvalue weighted by molar-refractivity contribution is 0.0571. The Labute approximate surface area is 128 Å². The van der Waals surface area contributed by atoms with E-state index in [0.717, 1.165) is 0 Å². The van der Waals surface area contributed by atoms with Crippen molar-refractivity contribution in [1.29, 1.82) is 0 Å². The average molecular weight is 302 g/mol. The molecule has 3 heterocycles. The van der Waals surface area contributed by atoms with Gasteiger partial charge in [-0.1, -0.05) is 0 Å². The van der Waals surface area contributed by atoms with Gasteiger partial charge >= 0.3 is 6.09 Å². The van der Waals surface area contributed by atoms with Crippen molar-refractivity contribution in [3.63, 3.8) is 0 Å². The van der Waals surface area contributed by atoms with Gasteiger partial charge in [0.15, 0.2) is 0 Å². The predicted octanol–water partition coefficient (Wildman–Crippen LogP) is 1.25. The number of piperazine rings is 1. The number of imidazole rings is 1. The Morgan fingerprint density at radius 2 is 1.91 bits per heavy atom. The summed E-state index contributed by atoms with van der Waals surface area (Å²) in [5.41, 5.74) is 1.23. The first-order valence-corrected chi connectivity index (χ1v) is 7.33. The summed E-state index contributed by atoms with van der Waals surface area (Å²) in [6.07, 6.45) is 5.03. The zero-order valence-corrected chi connectivity index (χ0v) is 12.4. The van der Waals surface area contributed by atoms with Crippen molar-refractivity contribution in [1.82, 2.24) is 19.2 Å². The van der Waals surface area contributed by atoms with E-state index in [1.807, 2.05) is 22.9 Å². The summed E-state index contributed by atoms with van der Waals surface area (Å²) < 4.78 is 6.80. The maximum atomic E-state index is 12.7. The van der Waals surface area contributed by atoms with E-state index >= 15 is 0 Å². The van der Waals surface area contributed by atoms with Crippen LogP contribution in [0.2, 0.25) is 0 Å². The second-order valence-electron chi connectivity index (χ2n) is 5.06. The monoisotopic (exact) mass is 302 g/mol. The maximum absolute atomic E-state index is 12.7. The van der Waals surface area contributed by atoms with Crippen molar-refractivity contribution in [2.75, 3.05) is 32.8 Å². The van der Waals surface area contributed by atoms with E-state index in [1.54, 1.807) is 29.0 Å². The zero-order valence-electron chi connectivity index (χ0n) is 12.4. The average Bonchev–Trinajstić information content (AvgIpc) is 3.03. The molecule has 0 N–H and O–H groups in total. The number of amides is 2. The van der Waals surface area contributed by atoms with Gasteiger partial charge in [-0.2, -0.15) is 0 Å². The van der Waals surface area contributed by atoms with Gasteiger partial charge in [-0.25, -0.2) is 9.78 Å². The van der Waals surface area contributed by atoms with E-state index in [2.05, 4.69) is 4.98 Å².